The van der Waals surface area contributed by atoms with E-state index in [4.69, 9.17) is 0 Å². The van der Waals surface area contributed by atoms with E-state index in [0.717, 1.165) is 25.8 Å². The Bertz CT molecular complexity index is 325. The van der Waals surface area contributed by atoms with Gasteiger partial charge >= 0.3 is 6.41 Å². The minimum atomic E-state index is 0.307. The van der Waals surface area contributed by atoms with Gasteiger partial charge in [-0.15, -0.1) is 0 Å². The first kappa shape index (κ1) is 9.34. The van der Waals surface area contributed by atoms with Crippen molar-refractivity contribution < 1.29 is 9.28 Å². The molecule has 2 rings (SSSR count). The van der Waals surface area contributed by atoms with Gasteiger partial charge in [0.25, 0.3) is 0 Å². The lowest BCUT2D eigenvalue weighted by Gasteiger charge is -2.28. The summed E-state index contributed by atoms with van der Waals surface area (Å²) in [4.78, 5) is 15.2. The van der Waals surface area contributed by atoms with Crippen molar-refractivity contribution in [2.75, 3.05) is 13.6 Å². The van der Waals surface area contributed by atoms with E-state index in [-0.39, 0.29) is 0 Å². The van der Waals surface area contributed by atoms with Crippen LogP contribution >= 0.6 is 0 Å². The first-order valence-corrected chi connectivity index (χ1v) is 4.97. The smallest absolute Gasteiger partial charge is 0.264 e. The average Bonchev–Trinajstić information content (AvgIpc) is 2.63. The quantitative estimate of drug-likeness (QED) is 0.524. The van der Waals surface area contributed by atoms with Crippen molar-refractivity contribution in [1.82, 2.24) is 4.98 Å². The van der Waals surface area contributed by atoms with E-state index in [0.29, 0.717) is 10.5 Å². The molecule has 1 aromatic rings. The van der Waals surface area contributed by atoms with Crippen LogP contribution in [0.3, 0.4) is 0 Å². The zero-order valence-corrected chi connectivity index (χ0v) is 8.39. The highest BCUT2D eigenvalue weighted by molar-refractivity contribution is 5.39. The molecular formula is C11H15N2O+. The molecule has 1 fully saturated rings. The minimum Gasteiger partial charge on any atom is -0.264 e. The van der Waals surface area contributed by atoms with Crippen LogP contribution in [-0.4, -0.2) is 29.5 Å². The molecule has 1 aliphatic heterocycles. The number of nitrogens with zero attached hydrogens (tertiary/aromatic N) is 2. The Morgan fingerprint density at radius 1 is 1.64 bits per heavy atom. The molecule has 0 aromatic carbocycles. The van der Waals surface area contributed by atoms with Gasteiger partial charge in [-0.3, -0.25) is 9.47 Å². The van der Waals surface area contributed by atoms with Crippen molar-refractivity contribution in [3.8, 4) is 0 Å². The maximum atomic E-state index is 11.1. The molecular weight excluding hydrogens is 176 g/mol. The van der Waals surface area contributed by atoms with Crippen molar-refractivity contribution in [1.29, 1.82) is 0 Å². The molecule has 2 atom stereocenters. The fourth-order valence-corrected chi connectivity index (χ4v) is 2.28. The summed E-state index contributed by atoms with van der Waals surface area (Å²) in [6, 6.07) is 4.30. The van der Waals surface area contributed by atoms with Crippen LogP contribution in [0.25, 0.3) is 0 Å². The molecule has 1 saturated heterocycles. The number of likely N-dealkylation sites (tertiary alicyclic amines) is 1. The molecule has 0 radical (unpaired) electrons. The third-order valence-electron chi connectivity index (χ3n) is 3.14. The topological polar surface area (TPSA) is 30.0 Å². The molecule has 3 heteroatoms. The van der Waals surface area contributed by atoms with Crippen LogP contribution in [0.2, 0.25) is 0 Å². The van der Waals surface area contributed by atoms with Crippen LogP contribution in [0, 0.1) is 0 Å². The monoisotopic (exact) mass is 191 g/mol. The van der Waals surface area contributed by atoms with Crippen molar-refractivity contribution >= 4 is 6.41 Å². The number of hydrogen-bond donors (Lipinski definition) is 0. The Hall–Kier alpha value is -1.22. The first-order valence-electron chi connectivity index (χ1n) is 4.97. The summed E-state index contributed by atoms with van der Waals surface area (Å²) in [5, 5.41) is 0. The average molecular weight is 191 g/mol. The van der Waals surface area contributed by atoms with Crippen LogP contribution in [0.4, 0.5) is 0 Å². The molecule has 0 N–H and O–H groups in total. The van der Waals surface area contributed by atoms with Gasteiger partial charge in [0, 0.05) is 30.8 Å². The van der Waals surface area contributed by atoms with Crippen molar-refractivity contribution in [2.45, 2.75) is 18.9 Å². The number of hydrogen-bond acceptors (Lipinski definition) is 2. The van der Waals surface area contributed by atoms with Gasteiger partial charge in [0.2, 0.25) is 0 Å². The maximum absolute atomic E-state index is 11.1. The number of aromatic nitrogens is 1. The maximum Gasteiger partial charge on any atom is 0.301 e. The van der Waals surface area contributed by atoms with E-state index in [2.05, 4.69) is 11.1 Å². The number of quaternary nitrogens is 1. The van der Waals surface area contributed by atoms with Gasteiger partial charge in [-0.1, -0.05) is 0 Å². The van der Waals surface area contributed by atoms with Gasteiger partial charge in [-0.2, -0.15) is 0 Å². The number of rotatable bonds is 2. The van der Waals surface area contributed by atoms with Crippen molar-refractivity contribution in [3.63, 3.8) is 0 Å². The normalized spacial score (nSPS) is 31.6. The van der Waals surface area contributed by atoms with E-state index >= 15 is 0 Å². The summed E-state index contributed by atoms with van der Waals surface area (Å²) in [6.07, 6.45) is 6.90. The van der Waals surface area contributed by atoms with Gasteiger partial charge in [0.05, 0.1) is 13.6 Å². The van der Waals surface area contributed by atoms with Crippen molar-refractivity contribution in [3.05, 3.63) is 30.1 Å². The lowest BCUT2D eigenvalue weighted by atomic mass is 10.1. The number of amides is 1. The van der Waals surface area contributed by atoms with Gasteiger partial charge in [0.15, 0.2) is 0 Å². The third-order valence-corrected chi connectivity index (χ3v) is 3.14. The molecule has 14 heavy (non-hydrogen) atoms. The van der Waals surface area contributed by atoms with Crippen LogP contribution in [-0.2, 0) is 4.79 Å². The molecule has 2 heterocycles. The first-order chi connectivity index (χ1) is 6.76. The zero-order valence-electron chi connectivity index (χ0n) is 8.39. The minimum absolute atomic E-state index is 0.307. The Balaban J connectivity index is 2.31. The highest BCUT2D eigenvalue weighted by Gasteiger charge is 2.39. The summed E-state index contributed by atoms with van der Waals surface area (Å²) in [5.74, 6) is 0. The molecule has 3 nitrogen and oxygen atoms in total. The lowest BCUT2D eigenvalue weighted by molar-refractivity contribution is -0.843. The van der Waals surface area contributed by atoms with E-state index in [1.807, 2.05) is 19.3 Å². The van der Waals surface area contributed by atoms with Gasteiger partial charge in [-0.25, -0.2) is 4.79 Å². The molecule has 74 valence electrons. The molecule has 1 aliphatic rings. The van der Waals surface area contributed by atoms with Crippen LogP contribution in [0.5, 0.6) is 0 Å². The number of carbonyl (C=O) groups excluding carboxylic acids is 1. The molecule has 2 unspecified atom stereocenters. The van der Waals surface area contributed by atoms with Crippen molar-refractivity contribution in [2.24, 2.45) is 0 Å². The second-order valence-electron chi connectivity index (χ2n) is 4.12. The van der Waals surface area contributed by atoms with Crippen LogP contribution in [0.1, 0.15) is 24.4 Å². The summed E-state index contributed by atoms with van der Waals surface area (Å²) < 4.78 is 0.506. The SMILES string of the molecule is C[N+]1(C=O)CCCC1c1cccnc1. The summed E-state index contributed by atoms with van der Waals surface area (Å²) in [5.41, 5.74) is 1.18. The van der Waals surface area contributed by atoms with Gasteiger partial charge in [-0.05, 0) is 12.1 Å². The summed E-state index contributed by atoms with van der Waals surface area (Å²) in [6.45, 7) is 0.947. The second kappa shape index (κ2) is 3.50. The van der Waals surface area contributed by atoms with Crippen LogP contribution < -0.4 is 0 Å². The highest BCUT2D eigenvalue weighted by atomic mass is 16.1. The molecule has 0 aliphatic carbocycles. The predicted molar refractivity (Wildman–Crippen MR) is 53.3 cm³/mol. The fourth-order valence-electron chi connectivity index (χ4n) is 2.28. The Morgan fingerprint density at radius 3 is 3.14 bits per heavy atom. The largest absolute Gasteiger partial charge is 0.301 e. The Kier molecular flexibility index (Phi) is 2.33. The molecule has 0 saturated carbocycles. The third kappa shape index (κ3) is 1.44. The summed E-state index contributed by atoms with van der Waals surface area (Å²) >= 11 is 0. The second-order valence-corrected chi connectivity index (χ2v) is 4.12. The zero-order chi connectivity index (χ0) is 10.0. The predicted octanol–water partition coefficient (Wildman–Crippen LogP) is 1.52. The van der Waals surface area contributed by atoms with E-state index in [1.165, 1.54) is 5.56 Å². The lowest BCUT2D eigenvalue weighted by Crippen LogP contribution is -2.41. The summed E-state index contributed by atoms with van der Waals surface area (Å²) in [7, 11) is 2.00. The molecule has 0 spiro atoms. The van der Waals surface area contributed by atoms with E-state index < -0.39 is 0 Å². The molecule has 1 amide bonds. The standard InChI is InChI=1S/C11H15N2O/c1-13(9-14)7-3-5-11(13)10-4-2-6-12-8-10/h2,4,6,8-9,11H,3,5,7H2,1H3/q+1. The molecule has 1 aromatic heterocycles. The number of carbonyl (C=O) groups is 1. The Labute approximate surface area is 84.0 Å². The highest BCUT2D eigenvalue weighted by Crippen LogP contribution is 2.35. The number of pyridine rings is 1. The molecule has 0 bridgehead atoms. The van der Waals surface area contributed by atoms with Gasteiger partial charge in [0.1, 0.15) is 6.04 Å². The Morgan fingerprint density at radius 2 is 2.50 bits per heavy atom. The van der Waals surface area contributed by atoms with E-state index in [1.54, 1.807) is 6.20 Å². The fraction of sp³-hybridized carbons (Fsp3) is 0.455. The van der Waals surface area contributed by atoms with Crippen LogP contribution in [0.15, 0.2) is 24.5 Å². The van der Waals surface area contributed by atoms with E-state index in [9.17, 15) is 4.79 Å². The van der Waals surface area contributed by atoms with Gasteiger partial charge < -0.3 is 0 Å².